The summed E-state index contributed by atoms with van der Waals surface area (Å²) in [5.74, 6) is -0.966. The van der Waals surface area contributed by atoms with Gasteiger partial charge in [-0.3, -0.25) is 14.4 Å². The molecule has 0 heterocycles. The van der Waals surface area contributed by atoms with Gasteiger partial charge in [-0.1, -0.05) is 243 Å². The van der Waals surface area contributed by atoms with Gasteiger partial charge >= 0.3 is 17.9 Å². The lowest BCUT2D eigenvalue weighted by Gasteiger charge is -2.18. The minimum absolute atomic E-state index is 0.0919. The summed E-state index contributed by atoms with van der Waals surface area (Å²) in [5.41, 5.74) is 0. The highest BCUT2D eigenvalue weighted by Gasteiger charge is 2.19. The van der Waals surface area contributed by atoms with Gasteiger partial charge in [-0.25, -0.2) is 0 Å². The Balaban J connectivity index is 4.38. The molecule has 0 rings (SSSR count). The van der Waals surface area contributed by atoms with Crippen LogP contribution in [0.3, 0.4) is 0 Å². The van der Waals surface area contributed by atoms with Crippen molar-refractivity contribution in [2.75, 3.05) is 13.2 Å². The predicted molar refractivity (Wildman–Crippen MR) is 270 cm³/mol. The van der Waals surface area contributed by atoms with Gasteiger partial charge in [-0.15, -0.1) is 0 Å². The number of carbonyl (C=O) groups is 3. The average Bonchev–Trinajstić information content (AvgIpc) is 3.28. The van der Waals surface area contributed by atoms with Crippen LogP contribution in [0, 0.1) is 0 Å². The van der Waals surface area contributed by atoms with Crippen LogP contribution in [0.5, 0.6) is 0 Å². The van der Waals surface area contributed by atoms with E-state index in [2.05, 4.69) is 51.2 Å². The quantitative estimate of drug-likeness (QED) is 0.0262. The van der Waals surface area contributed by atoms with Crippen LogP contribution in [0.25, 0.3) is 0 Å². The molecule has 6 nitrogen and oxygen atoms in total. The number of unbranched alkanes of at least 4 members (excludes halogenated alkanes) is 33. The van der Waals surface area contributed by atoms with Gasteiger partial charge in [0.05, 0.1) is 0 Å². The molecule has 0 saturated heterocycles. The fourth-order valence-corrected chi connectivity index (χ4v) is 7.96. The summed E-state index contributed by atoms with van der Waals surface area (Å²) >= 11 is 0. The van der Waals surface area contributed by atoms with Gasteiger partial charge in [0, 0.05) is 19.3 Å². The number of hydrogen-bond donors (Lipinski definition) is 0. The number of allylic oxidation sites excluding steroid dienone is 6. The Morgan fingerprint density at radius 1 is 0.317 bits per heavy atom. The summed E-state index contributed by atoms with van der Waals surface area (Å²) in [4.78, 5) is 38.0. The first-order valence-electron chi connectivity index (χ1n) is 27.5. The second kappa shape index (κ2) is 52.3. The topological polar surface area (TPSA) is 78.9 Å². The third-order valence-corrected chi connectivity index (χ3v) is 12.1. The maximum Gasteiger partial charge on any atom is 0.306 e. The van der Waals surface area contributed by atoms with Gasteiger partial charge in [0.2, 0.25) is 0 Å². The molecule has 0 radical (unpaired) electrons. The lowest BCUT2D eigenvalue weighted by atomic mass is 10.0. The molecule has 6 heteroatoms. The SMILES string of the molecule is CCCCCCCC/C=C/C/C=C/CCC(=O)OCC(COC(=O)CCCCCCCCCCCCCCCCCCCC)OC(=O)CCCCC/C=C/CCCCCCCCC. The van der Waals surface area contributed by atoms with Crippen molar-refractivity contribution in [3.8, 4) is 0 Å². The van der Waals surface area contributed by atoms with Crippen LogP contribution in [-0.2, 0) is 28.6 Å². The minimum Gasteiger partial charge on any atom is -0.462 e. The molecule has 368 valence electrons. The first-order chi connectivity index (χ1) is 31.0. The highest BCUT2D eigenvalue weighted by Crippen LogP contribution is 2.16. The van der Waals surface area contributed by atoms with Crippen LogP contribution in [0.1, 0.15) is 290 Å². The first-order valence-corrected chi connectivity index (χ1v) is 27.5. The zero-order valence-corrected chi connectivity index (χ0v) is 42.1. The molecule has 0 N–H and O–H groups in total. The van der Waals surface area contributed by atoms with Gasteiger partial charge in [0.25, 0.3) is 0 Å². The lowest BCUT2D eigenvalue weighted by Crippen LogP contribution is -2.30. The third kappa shape index (κ3) is 50.5. The van der Waals surface area contributed by atoms with Crippen LogP contribution in [0.4, 0.5) is 0 Å². The van der Waals surface area contributed by atoms with Crippen LogP contribution in [-0.4, -0.2) is 37.2 Å². The van der Waals surface area contributed by atoms with E-state index in [1.807, 2.05) is 6.08 Å². The molecule has 0 saturated carbocycles. The van der Waals surface area contributed by atoms with E-state index in [1.165, 1.54) is 180 Å². The number of esters is 3. The largest absolute Gasteiger partial charge is 0.462 e. The fraction of sp³-hybridized carbons (Fsp3) is 0.842. The molecule has 0 aromatic rings. The van der Waals surface area contributed by atoms with Gasteiger partial charge in [-0.05, 0) is 64.2 Å². The number of carbonyl (C=O) groups excluding carboxylic acids is 3. The minimum atomic E-state index is -0.798. The number of rotatable bonds is 50. The normalized spacial score (nSPS) is 12.2. The van der Waals surface area contributed by atoms with Crippen molar-refractivity contribution >= 4 is 17.9 Å². The first kappa shape index (κ1) is 60.6. The van der Waals surface area contributed by atoms with Crippen molar-refractivity contribution in [1.29, 1.82) is 0 Å². The highest BCUT2D eigenvalue weighted by molar-refractivity contribution is 5.71. The molecule has 0 bridgehead atoms. The zero-order chi connectivity index (χ0) is 45.8. The predicted octanol–water partition coefficient (Wildman–Crippen LogP) is 18.1. The molecular formula is C57H104O6. The van der Waals surface area contributed by atoms with Gasteiger partial charge in [-0.2, -0.15) is 0 Å². The second-order valence-corrected chi connectivity index (χ2v) is 18.5. The number of ether oxygens (including phenoxy) is 3. The molecule has 0 aliphatic heterocycles. The molecule has 0 aromatic heterocycles. The maximum absolute atomic E-state index is 12.8. The van der Waals surface area contributed by atoms with E-state index < -0.39 is 6.10 Å². The van der Waals surface area contributed by atoms with E-state index in [9.17, 15) is 14.4 Å². The van der Waals surface area contributed by atoms with Gasteiger partial charge in [0.15, 0.2) is 6.10 Å². The van der Waals surface area contributed by atoms with Crippen molar-refractivity contribution in [1.82, 2.24) is 0 Å². The van der Waals surface area contributed by atoms with E-state index in [0.29, 0.717) is 19.3 Å². The van der Waals surface area contributed by atoms with Gasteiger partial charge in [0.1, 0.15) is 13.2 Å². The molecule has 0 aliphatic carbocycles. The van der Waals surface area contributed by atoms with Crippen LogP contribution < -0.4 is 0 Å². The molecule has 0 aliphatic rings. The van der Waals surface area contributed by atoms with Crippen LogP contribution in [0.2, 0.25) is 0 Å². The summed E-state index contributed by atoms with van der Waals surface area (Å²) in [7, 11) is 0. The van der Waals surface area contributed by atoms with E-state index in [0.717, 1.165) is 64.2 Å². The molecule has 0 fully saturated rings. The standard InChI is InChI=1S/C57H104O6/c1-4-7-10-13-16-19-22-25-27-28-29-30-33-35-38-41-44-47-50-56(59)62-53-54(52-61-55(58)49-46-43-40-37-34-31-24-21-18-15-12-9-6-3)63-57(60)51-48-45-42-39-36-32-26-23-20-17-14-11-8-5-2/h31-32,34,36,40,43,54H,4-30,33,35,37-39,41-42,44-53H2,1-3H3/b34-31+,36-32+,43-40+. The Morgan fingerprint density at radius 3 is 1.00 bits per heavy atom. The Labute approximate surface area is 391 Å². The van der Waals surface area contributed by atoms with E-state index in [-0.39, 0.29) is 37.5 Å². The molecule has 63 heavy (non-hydrogen) atoms. The van der Waals surface area contributed by atoms with E-state index in [4.69, 9.17) is 14.2 Å². The molecule has 1 unspecified atom stereocenters. The Kier molecular flexibility index (Phi) is 50.3. The van der Waals surface area contributed by atoms with E-state index in [1.54, 1.807) is 0 Å². The summed E-state index contributed by atoms with van der Waals surface area (Å²) in [5, 5.41) is 0. The highest BCUT2D eigenvalue weighted by atomic mass is 16.6. The van der Waals surface area contributed by atoms with Crippen LogP contribution in [0.15, 0.2) is 36.5 Å². The molecule has 1 atom stereocenters. The maximum atomic E-state index is 12.8. The molecule has 0 spiro atoms. The van der Waals surface area contributed by atoms with Crippen LogP contribution >= 0.6 is 0 Å². The monoisotopic (exact) mass is 885 g/mol. The Hall–Kier alpha value is -2.37. The average molecular weight is 885 g/mol. The van der Waals surface area contributed by atoms with Crippen molar-refractivity contribution in [2.24, 2.45) is 0 Å². The molecule has 0 aromatic carbocycles. The van der Waals surface area contributed by atoms with E-state index >= 15 is 0 Å². The summed E-state index contributed by atoms with van der Waals surface area (Å²) in [6.07, 6.45) is 61.5. The summed E-state index contributed by atoms with van der Waals surface area (Å²) in [6, 6.07) is 0. The lowest BCUT2D eigenvalue weighted by molar-refractivity contribution is -0.166. The van der Waals surface area contributed by atoms with Crippen molar-refractivity contribution in [2.45, 2.75) is 297 Å². The second-order valence-electron chi connectivity index (χ2n) is 18.5. The van der Waals surface area contributed by atoms with Crippen molar-refractivity contribution < 1.29 is 28.6 Å². The summed E-state index contributed by atoms with van der Waals surface area (Å²) < 4.78 is 16.8. The number of hydrogen-bond acceptors (Lipinski definition) is 6. The van der Waals surface area contributed by atoms with Crippen molar-refractivity contribution in [3.63, 3.8) is 0 Å². The van der Waals surface area contributed by atoms with Crippen molar-refractivity contribution in [3.05, 3.63) is 36.5 Å². The molecular weight excluding hydrogens is 781 g/mol. The fourth-order valence-electron chi connectivity index (χ4n) is 7.96. The zero-order valence-electron chi connectivity index (χ0n) is 42.1. The Bertz CT molecular complexity index is 1060. The summed E-state index contributed by atoms with van der Waals surface area (Å²) in [6.45, 7) is 6.59. The van der Waals surface area contributed by atoms with Gasteiger partial charge < -0.3 is 14.2 Å². The Morgan fingerprint density at radius 2 is 0.603 bits per heavy atom. The smallest absolute Gasteiger partial charge is 0.306 e. The third-order valence-electron chi connectivity index (χ3n) is 12.1. The molecule has 0 amide bonds.